The molecule has 1 saturated heterocycles. The highest BCUT2D eigenvalue weighted by molar-refractivity contribution is 6.01. The van der Waals surface area contributed by atoms with Gasteiger partial charge in [0.2, 0.25) is 17.7 Å². The smallest absolute Gasteiger partial charge is 0.276 e. The minimum atomic E-state index is -0.926. The Kier molecular flexibility index (Phi) is 11.9. The Morgan fingerprint density at radius 2 is 1.67 bits per heavy atom. The summed E-state index contributed by atoms with van der Waals surface area (Å²) in [7, 11) is 1.99. The van der Waals surface area contributed by atoms with Crippen molar-refractivity contribution in [1.82, 2.24) is 30.7 Å². The maximum Gasteiger partial charge on any atom is 0.276 e. The molecular formula is C33H48FN7O5. The number of piperazine rings is 1. The number of carbonyl (C=O) groups excluding carboxylic acids is 4. The molecule has 0 spiro atoms. The van der Waals surface area contributed by atoms with Crippen molar-refractivity contribution in [3.8, 4) is 0 Å². The van der Waals surface area contributed by atoms with E-state index in [2.05, 4.69) is 38.1 Å². The molecule has 0 unspecified atom stereocenters. The van der Waals surface area contributed by atoms with E-state index in [1.165, 1.54) is 12.1 Å². The molecule has 3 atom stereocenters. The SMILES string of the molecule is CCC(=O)N[C@@H](C(=O)N1CCN(C)CC1)[C@@H](C)c1ccc(NC(=O)[C@@H](NC(=O)c2nonc2C(C)C)C2CCC(C)CC2)c(F)c1. The highest BCUT2D eigenvalue weighted by Crippen LogP contribution is 2.32. The summed E-state index contributed by atoms with van der Waals surface area (Å²) in [5.41, 5.74) is 0.877. The first-order valence-corrected chi connectivity index (χ1v) is 16.4. The number of hydrogen-bond acceptors (Lipinski definition) is 8. The lowest BCUT2D eigenvalue weighted by atomic mass is 9.79. The van der Waals surface area contributed by atoms with Crippen LogP contribution in [0.15, 0.2) is 22.8 Å². The number of amides is 4. The van der Waals surface area contributed by atoms with Crippen molar-refractivity contribution < 1.29 is 28.2 Å². The predicted octanol–water partition coefficient (Wildman–Crippen LogP) is 3.67. The van der Waals surface area contributed by atoms with Gasteiger partial charge in [-0.15, -0.1) is 0 Å². The molecule has 46 heavy (non-hydrogen) atoms. The lowest BCUT2D eigenvalue weighted by Crippen LogP contribution is -2.55. The number of likely N-dealkylation sites (N-methyl/N-ethyl adjacent to an activating group) is 1. The first kappa shape index (κ1) is 35.0. The molecule has 1 aliphatic heterocycles. The van der Waals surface area contributed by atoms with Crippen LogP contribution in [0.1, 0.15) is 100 Å². The Hall–Kier alpha value is -3.87. The van der Waals surface area contributed by atoms with Gasteiger partial charge in [0.25, 0.3) is 5.91 Å². The topological polar surface area (TPSA) is 150 Å². The summed E-state index contributed by atoms with van der Waals surface area (Å²) in [6.07, 6.45) is 3.51. The third kappa shape index (κ3) is 8.48. The Bertz CT molecular complexity index is 1380. The van der Waals surface area contributed by atoms with E-state index in [4.69, 9.17) is 4.63 Å². The Morgan fingerprint density at radius 3 is 2.28 bits per heavy atom. The Balaban J connectivity index is 1.52. The molecule has 4 rings (SSSR count). The summed E-state index contributed by atoms with van der Waals surface area (Å²) in [6.45, 7) is 11.9. The highest BCUT2D eigenvalue weighted by Gasteiger charge is 2.36. The largest absolute Gasteiger partial charge is 0.344 e. The van der Waals surface area contributed by atoms with Crippen molar-refractivity contribution in [1.29, 1.82) is 0 Å². The molecule has 12 nitrogen and oxygen atoms in total. The van der Waals surface area contributed by atoms with Crippen LogP contribution in [-0.2, 0) is 14.4 Å². The molecule has 252 valence electrons. The number of anilines is 1. The molecule has 2 fully saturated rings. The maximum absolute atomic E-state index is 15.6. The summed E-state index contributed by atoms with van der Waals surface area (Å²) in [5.74, 6) is -2.54. The van der Waals surface area contributed by atoms with Gasteiger partial charge in [0.1, 0.15) is 23.6 Å². The molecule has 0 radical (unpaired) electrons. The summed E-state index contributed by atoms with van der Waals surface area (Å²) in [4.78, 5) is 56.7. The van der Waals surface area contributed by atoms with Gasteiger partial charge in [-0.25, -0.2) is 9.02 Å². The van der Waals surface area contributed by atoms with Gasteiger partial charge in [-0.2, -0.15) is 0 Å². The van der Waals surface area contributed by atoms with Crippen LogP contribution in [0.3, 0.4) is 0 Å². The van der Waals surface area contributed by atoms with E-state index >= 15 is 4.39 Å². The van der Waals surface area contributed by atoms with Crippen molar-refractivity contribution in [2.45, 2.75) is 90.6 Å². The summed E-state index contributed by atoms with van der Waals surface area (Å²) >= 11 is 0. The molecule has 1 aromatic heterocycles. The summed E-state index contributed by atoms with van der Waals surface area (Å²) in [5, 5.41) is 16.0. The number of nitrogens with one attached hydrogen (secondary N) is 3. The summed E-state index contributed by atoms with van der Waals surface area (Å²) in [6, 6.07) is 2.60. The number of halogens is 1. The molecule has 13 heteroatoms. The van der Waals surface area contributed by atoms with Gasteiger partial charge in [-0.3, -0.25) is 19.2 Å². The zero-order valence-electron chi connectivity index (χ0n) is 27.8. The number of aromatic nitrogens is 2. The third-order valence-corrected chi connectivity index (χ3v) is 9.37. The second kappa shape index (κ2) is 15.6. The van der Waals surface area contributed by atoms with Gasteiger partial charge in [-0.1, -0.05) is 58.7 Å². The van der Waals surface area contributed by atoms with E-state index in [9.17, 15) is 19.2 Å². The number of benzene rings is 1. The third-order valence-electron chi connectivity index (χ3n) is 9.37. The average molecular weight is 642 g/mol. The molecule has 3 N–H and O–H groups in total. The van der Waals surface area contributed by atoms with Crippen molar-refractivity contribution >= 4 is 29.3 Å². The standard InChI is InChI=1S/C33H48FN7O5/c1-7-26(42)36-28(33(45)41-16-14-40(6)15-17-41)21(5)23-12-13-25(24(34)18-23)35-31(43)29(22-10-8-20(4)9-11-22)37-32(44)30-27(19(2)3)38-46-39-30/h12-13,18-22,28-29H,7-11,14-17H2,1-6H3,(H,35,43)(H,36,42)(H,37,44)/t20?,21-,22?,28+,29-/m0/s1. The van der Waals surface area contributed by atoms with Crippen LogP contribution in [0.2, 0.25) is 0 Å². The molecule has 2 heterocycles. The highest BCUT2D eigenvalue weighted by atomic mass is 19.1. The average Bonchev–Trinajstić information content (AvgIpc) is 3.54. The Labute approximate surface area is 270 Å². The molecular weight excluding hydrogens is 593 g/mol. The molecule has 1 aromatic carbocycles. The van der Waals surface area contributed by atoms with Gasteiger partial charge in [0.15, 0.2) is 5.69 Å². The molecule has 1 saturated carbocycles. The molecule has 1 aliphatic carbocycles. The molecule has 2 aromatic rings. The van der Waals surface area contributed by atoms with Gasteiger partial charge in [-0.05, 0) is 54.6 Å². The van der Waals surface area contributed by atoms with Crippen LogP contribution >= 0.6 is 0 Å². The van der Waals surface area contributed by atoms with Gasteiger partial charge >= 0.3 is 0 Å². The normalized spacial score (nSPS) is 20.9. The molecule has 2 aliphatic rings. The van der Waals surface area contributed by atoms with Crippen LogP contribution < -0.4 is 16.0 Å². The van der Waals surface area contributed by atoms with E-state index < -0.39 is 35.6 Å². The first-order chi connectivity index (χ1) is 21.9. The second-order valence-electron chi connectivity index (χ2n) is 13.2. The van der Waals surface area contributed by atoms with E-state index in [1.807, 2.05) is 20.9 Å². The van der Waals surface area contributed by atoms with Crippen LogP contribution in [0.5, 0.6) is 0 Å². The summed E-state index contributed by atoms with van der Waals surface area (Å²) < 4.78 is 20.4. The maximum atomic E-state index is 15.6. The quantitative estimate of drug-likeness (QED) is 0.337. The van der Waals surface area contributed by atoms with Crippen LogP contribution in [-0.4, -0.2) is 89.1 Å². The lowest BCUT2D eigenvalue weighted by Gasteiger charge is -2.36. The van der Waals surface area contributed by atoms with Gasteiger partial charge in [0.05, 0.1) is 5.69 Å². The van der Waals surface area contributed by atoms with Gasteiger partial charge < -0.3 is 25.8 Å². The number of carbonyl (C=O) groups is 4. The number of hydrogen-bond donors (Lipinski definition) is 3. The number of nitrogens with zero attached hydrogens (tertiary/aromatic N) is 4. The first-order valence-electron chi connectivity index (χ1n) is 16.4. The predicted molar refractivity (Wildman–Crippen MR) is 171 cm³/mol. The van der Waals surface area contributed by atoms with Crippen molar-refractivity contribution in [2.75, 3.05) is 38.5 Å². The Morgan fingerprint density at radius 1 is 1.00 bits per heavy atom. The van der Waals surface area contributed by atoms with Gasteiger partial charge in [0, 0.05) is 44.4 Å². The fraction of sp³-hybridized carbons (Fsp3) is 0.636. The minimum absolute atomic E-state index is 0.0253. The zero-order chi connectivity index (χ0) is 33.5. The van der Waals surface area contributed by atoms with Crippen LogP contribution in [0, 0.1) is 17.7 Å². The zero-order valence-corrected chi connectivity index (χ0v) is 27.8. The van der Waals surface area contributed by atoms with Crippen LogP contribution in [0.25, 0.3) is 0 Å². The molecule has 0 bridgehead atoms. The number of rotatable bonds is 11. The fourth-order valence-electron chi connectivity index (χ4n) is 6.18. The lowest BCUT2D eigenvalue weighted by molar-refractivity contribution is -0.138. The monoisotopic (exact) mass is 641 g/mol. The van der Waals surface area contributed by atoms with E-state index in [0.29, 0.717) is 30.3 Å². The van der Waals surface area contributed by atoms with Crippen LogP contribution in [0.4, 0.5) is 10.1 Å². The minimum Gasteiger partial charge on any atom is -0.344 e. The van der Waals surface area contributed by atoms with Crippen molar-refractivity contribution in [3.63, 3.8) is 0 Å². The van der Waals surface area contributed by atoms with Crippen molar-refractivity contribution in [3.05, 3.63) is 41.0 Å². The van der Waals surface area contributed by atoms with Crippen molar-refractivity contribution in [2.24, 2.45) is 11.8 Å². The van der Waals surface area contributed by atoms with E-state index in [0.717, 1.165) is 38.8 Å². The van der Waals surface area contributed by atoms with E-state index in [-0.39, 0.29) is 41.5 Å². The van der Waals surface area contributed by atoms with E-state index in [1.54, 1.807) is 24.8 Å². The molecule has 4 amide bonds. The fourth-order valence-corrected chi connectivity index (χ4v) is 6.18. The second-order valence-corrected chi connectivity index (χ2v) is 13.2.